The molecule has 0 N–H and O–H groups in total. The van der Waals surface area contributed by atoms with E-state index in [1.807, 2.05) is 22.7 Å². The highest BCUT2D eigenvalue weighted by Gasteiger charge is 2.08. The van der Waals surface area contributed by atoms with Gasteiger partial charge in [0.25, 0.3) is 0 Å². The van der Waals surface area contributed by atoms with Gasteiger partial charge in [-0.25, -0.2) is 0 Å². The molecule has 4 aromatic carbocycles. The highest BCUT2D eigenvalue weighted by Crippen LogP contribution is 2.36. The minimum Gasteiger partial charge on any atom is -0.140 e. The molecule has 0 aliphatic rings. The van der Waals surface area contributed by atoms with E-state index in [1.54, 1.807) is 0 Å². The van der Waals surface area contributed by atoms with Crippen LogP contribution < -0.4 is 0 Å². The molecule has 2 aromatic heterocycles. The van der Waals surface area contributed by atoms with Gasteiger partial charge in [-0.1, -0.05) is 76.6 Å². The van der Waals surface area contributed by atoms with Crippen LogP contribution in [0.4, 0.5) is 0 Å². The summed E-state index contributed by atoms with van der Waals surface area (Å²) in [5, 5.41) is 7.91. The summed E-state index contributed by atoms with van der Waals surface area (Å²) in [4.78, 5) is 5.80. The van der Waals surface area contributed by atoms with Crippen LogP contribution >= 0.6 is 22.7 Å². The Kier molecular flexibility index (Phi) is 8.65. The second kappa shape index (κ2) is 12.7. The predicted octanol–water partition coefficient (Wildman–Crippen LogP) is 12.8. The lowest BCUT2D eigenvalue weighted by Gasteiger charge is -2.08. The van der Waals surface area contributed by atoms with Gasteiger partial charge in [-0.3, -0.25) is 0 Å². The Labute approximate surface area is 247 Å². The van der Waals surface area contributed by atoms with E-state index in [-0.39, 0.29) is 0 Å². The van der Waals surface area contributed by atoms with Gasteiger partial charge < -0.3 is 0 Å². The molecule has 2 heteroatoms. The summed E-state index contributed by atoms with van der Waals surface area (Å²) >= 11 is 3.93. The summed E-state index contributed by atoms with van der Waals surface area (Å²) in [5.74, 6) is 0. The van der Waals surface area contributed by atoms with E-state index in [0.717, 1.165) is 0 Å². The number of hydrogen-bond donors (Lipinski definition) is 0. The van der Waals surface area contributed by atoms with Crippen molar-refractivity contribution in [1.29, 1.82) is 0 Å². The molecule has 0 fully saturated rings. The van der Waals surface area contributed by atoms with Gasteiger partial charge in [0, 0.05) is 19.5 Å². The maximum absolute atomic E-state index is 2.39. The largest absolute Gasteiger partial charge is 0.140 e. The normalized spacial score (nSPS) is 11.8. The van der Waals surface area contributed by atoms with Crippen molar-refractivity contribution in [3.8, 4) is 20.9 Å². The van der Waals surface area contributed by atoms with Crippen molar-refractivity contribution in [2.24, 2.45) is 0 Å². The first-order valence-corrected chi connectivity index (χ1v) is 16.9. The molecule has 0 spiro atoms. The van der Waals surface area contributed by atoms with Crippen molar-refractivity contribution in [3.63, 3.8) is 0 Å². The number of aryl methyl sites for hydroxylation is 2. The summed E-state index contributed by atoms with van der Waals surface area (Å²) in [6, 6.07) is 32.8. The van der Waals surface area contributed by atoms with Gasteiger partial charge in [-0.2, -0.15) is 0 Å². The summed E-state index contributed by atoms with van der Waals surface area (Å²) in [6.07, 6.45) is 13.0. The molecule has 0 radical (unpaired) electrons. The highest BCUT2D eigenvalue weighted by molar-refractivity contribution is 7.15. The van der Waals surface area contributed by atoms with Gasteiger partial charge in [0.15, 0.2) is 0 Å². The van der Waals surface area contributed by atoms with Crippen LogP contribution in [0.25, 0.3) is 53.2 Å². The topological polar surface area (TPSA) is 0 Å². The molecule has 6 rings (SSSR count). The summed E-state index contributed by atoms with van der Waals surface area (Å²) in [7, 11) is 0. The fourth-order valence-corrected chi connectivity index (χ4v) is 7.93. The van der Waals surface area contributed by atoms with Crippen LogP contribution in [0.3, 0.4) is 0 Å². The number of rotatable bonds is 12. The van der Waals surface area contributed by atoms with Crippen molar-refractivity contribution >= 4 is 55.0 Å². The molecule has 0 saturated heterocycles. The van der Waals surface area contributed by atoms with Gasteiger partial charge in [0.1, 0.15) is 0 Å². The third kappa shape index (κ3) is 6.19. The van der Waals surface area contributed by atoms with Crippen molar-refractivity contribution in [1.82, 2.24) is 0 Å². The second-order valence-corrected chi connectivity index (χ2v) is 13.7. The Morgan fingerprint density at radius 2 is 0.825 bits per heavy atom. The van der Waals surface area contributed by atoms with Gasteiger partial charge in [0.05, 0.1) is 0 Å². The molecule has 2 heterocycles. The molecule has 0 bridgehead atoms. The fourth-order valence-electron chi connectivity index (χ4n) is 5.84. The zero-order valence-corrected chi connectivity index (χ0v) is 25.6. The molecule has 0 saturated carbocycles. The van der Waals surface area contributed by atoms with Gasteiger partial charge in [0.2, 0.25) is 0 Å². The number of benzene rings is 4. The second-order valence-electron chi connectivity index (χ2n) is 11.3. The lowest BCUT2D eigenvalue weighted by Crippen LogP contribution is -1.82. The van der Waals surface area contributed by atoms with Gasteiger partial charge in [-0.05, 0) is 130 Å². The predicted molar refractivity (Wildman–Crippen MR) is 181 cm³/mol. The van der Waals surface area contributed by atoms with Crippen LogP contribution in [-0.4, -0.2) is 0 Å². The standard InChI is InChI=1S/C38H40S2/c1-3-5-7-9-11-35-17-19-37(39-35)29-15-13-27-21-33-22-28-14-16-30(24-32(28)26-34(33)25-31(27)23-29)38-20-18-36(40-38)12-10-8-6-4-2/h13-26H,3-12H2,1-2H3. The lowest BCUT2D eigenvalue weighted by molar-refractivity contribution is 0.670. The van der Waals surface area contributed by atoms with Gasteiger partial charge >= 0.3 is 0 Å². The molecule has 6 aromatic rings. The summed E-state index contributed by atoms with van der Waals surface area (Å²) < 4.78 is 0. The first-order valence-electron chi connectivity index (χ1n) is 15.3. The number of thiophene rings is 2. The Balaban J connectivity index is 1.26. The summed E-state index contributed by atoms with van der Waals surface area (Å²) in [5.41, 5.74) is 2.67. The van der Waals surface area contributed by atoms with E-state index < -0.39 is 0 Å². The maximum atomic E-state index is 2.39. The van der Waals surface area contributed by atoms with Crippen LogP contribution in [0, 0.1) is 0 Å². The van der Waals surface area contributed by atoms with Crippen molar-refractivity contribution < 1.29 is 0 Å². The molecule has 40 heavy (non-hydrogen) atoms. The van der Waals surface area contributed by atoms with E-state index in [9.17, 15) is 0 Å². The smallest absolute Gasteiger partial charge is 0.0345 e. The SMILES string of the molecule is CCCCCCc1ccc(-c2ccc3cc4cc5ccc(-c6ccc(CCCCCC)s6)cc5cc4cc3c2)s1. The number of fused-ring (bicyclic) bond motifs is 3. The van der Waals surface area contributed by atoms with Crippen LogP contribution in [0.5, 0.6) is 0 Å². The first kappa shape index (κ1) is 27.2. The Bertz CT molecular complexity index is 1610. The minimum atomic E-state index is 1.21. The number of unbranched alkanes of at least 4 members (excludes halogenated alkanes) is 6. The van der Waals surface area contributed by atoms with Crippen molar-refractivity contribution in [2.45, 2.75) is 78.1 Å². The zero-order chi connectivity index (χ0) is 27.3. The lowest BCUT2D eigenvalue weighted by atomic mass is 9.97. The average Bonchev–Trinajstić information content (AvgIpc) is 3.65. The Morgan fingerprint density at radius 1 is 0.400 bits per heavy atom. The van der Waals surface area contributed by atoms with Crippen LogP contribution in [0.15, 0.2) is 84.9 Å². The molecule has 0 unspecified atom stereocenters. The van der Waals surface area contributed by atoms with Crippen molar-refractivity contribution in [3.05, 3.63) is 94.7 Å². The molecule has 0 amide bonds. The number of hydrogen-bond acceptors (Lipinski definition) is 2. The van der Waals surface area contributed by atoms with E-state index in [0.29, 0.717) is 0 Å². The third-order valence-electron chi connectivity index (χ3n) is 8.20. The van der Waals surface area contributed by atoms with Gasteiger partial charge in [-0.15, -0.1) is 22.7 Å². The quantitative estimate of drug-likeness (QED) is 0.103. The highest BCUT2D eigenvalue weighted by atomic mass is 32.1. The maximum Gasteiger partial charge on any atom is 0.0345 e. The van der Waals surface area contributed by atoms with Crippen LogP contribution in [0.1, 0.15) is 75.0 Å². The van der Waals surface area contributed by atoms with E-state index in [2.05, 4.69) is 98.8 Å². The molecule has 0 atom stereocenters. The molecular weight excluding hydrogens is 521 g/mol. The molecule has 204 valence electrons. The molecule has 0 aliphatic heterocycles. The fraction of sp³-hybridized carbons (Fsp3) is 0.316. The summed E-state index contributed by atoms with van der Waals surface area (Å²) in [6.45, 7) is 4.56. The Hall–Kier alpha value is -2.94. The minimum absolute atomic E-state index is 1.21. The molecule has 0 nitrogen and oxygen atoms in total. The van der Waals surface area contributed by atoms with E-state index in [1.165, 1.54) is 127 Å². The third-order valence-corrected chi connectivity index (χ3v) is 10.6. The van der Waals surface area contributed by atoms with Crippen LogP contribution in [-0.2, 0) is 12.8 Å². The van der Waals surface area contributed by atoms with E-state index >= 15 is 0 Å². The monoisotopic (exact) mass is 560 g/mol. The zero-order valence-electron chi connectivity index (χ0n) is 24.0. The van der Waals surface area contributed by atoms with E-state index in [4.69, 9.17) is 0 Å². The Morgan fingerprint density at radius 3 is 1.27 bits per heavy atom. The molecular formula is C38H40S2. The van der Waals surface area contributed by atoms with Crippen molar-refractivity contribution in [2.75, 3.05) is 0 Å². The average molecular weight is 561 g/mol. The molecule has 0 aliphatic carbocycles. The first-order chi connectivity index (χ1) is 19.7. The van der Waals surface area contributed by atoms with Crippen LogP contribution in [0.2, 0.25) is 0 Å².